The maximum absolute atomic E-state index is 12.1. The molecule has 26 heavy (non-hydrogen) atoms. The number of amides is 1. The molecule has 7 heteroatoms. The first-order valence-corrected chi connectivity index (χ1v) is 9.36. The second-order valence-electron chi connectivity index (χ2n) is 6.94. The minimum Gasteiger partial charge on any atom is -0.461 e. The van der Waals surface area contributed by atoms with E-state index in [0.29, 0.717) is 23.3 Å². The van der Waals surface area contributed by atoms with Gasteiger partial charge in [-0.05, 0) is 38.5 Å². The van der Waals surface area contributed by atoms with Crippen molar-refractivity contribution in [1.82, 2.24) is 20.1 Å². The van der Waals surface area contributed by atoms with Crippen molar-refractivity contribution in [3.63, 3.8) is 0 Å². The first-order valence-electron chi connectivity index (χ1n) is 8.37. The van der Waals surface area contributed by atoms with Crippen molar-refractivity contribution in [3.05, 3.63) is 54.3 Å². The molecule has 1 N–H and O–H groups in total. The van der Waals surface area contributed by atoms with Gasteiger partial charge in [0.2, 0.25) is 11.7 Å². The molecule has 3 rings (SSSR count). The van der Waals surface area contributed by atoms with Crippen molar-refractivity contribution in [3.8, 4) is 11.6 Å². The summed E-state index contributed by atoms with van der Waals surface area (Å²) in [5.74, 6) is 1.55. The van der Waals surface area contributed by atoms with Gasteiger partial charge in [-0.1, -0.05) is 42.1 Å². The molecule has 1 amide bonds. The third-order valence-electron chi connectivity index (χ3n) is 3.49. The summed E-state index contributed by atoms with van der Waals surface area (Å²) in [5.41, 5.74) is 0.871. The molecule has 0 atom stereocenters. The molecule has 136 valence electrons. The monoisotopic (exact) mass is 370 g/mol. The van der Waals surface area contributed by atoms with Crippen LogP contribution in [0.3, 0.4) is 0 Å². The van der Waals surface area contributed by atoms with Crippen LogP contribution >= 0.6 is 11.8 Å². The van der Waals surface area contributed by atoms with Crippen LogP contribution in [0.25, 0.3) is 11.6 Å². The minimum atomic E-state index is -0.255. The van der Waals surface area contributed by atoms with E-state index in [1.54, 1.807) is 6.26 Å². The number of carbonyl (C=O) groups is 1. The summed E-state index contributed by atoms with van der Waals surface area (Å²) in [6.45, 7) is 6.49. The zero-order chi connectivity index (χ0) is 18.6. The van der Waals surface area contributed by atoms with Crippen molar-refractivity contribution < 1.29 is 9.21 Å². The van der Waals surface area contributed by atoms with Crippen molar-refractivity contribution in [2.45, 2.75) is 38.0 Å². The highest BCUT2D eigenvalue weighted by Crippen LogP contribution is 2.25. The summed E-state index contributed by atoms with van der Waals surface area (Å²) in [4.78, 5) is 12.1. The van der Waals surface area contributed by atoms with E-state index in [1.807, 2.05) is 67.8 Å². The van der Waals surface area contributed by atoms with E-state index in [2.05, 4.69) is 15.5 Å². The molecular weight excluding hydrogens is 348 g/mol. The molecule has 0 aliphatic heterocycles. The Bertz CT molecular complexity index is 852. The molecule has 6 nitrogen and oxygen atoms in total. The van der Waals surface area contributed by atoms with Gasteiger partial charge in [0, 0.05) is 5.54 Å². The van der Waals surface area contributed by atoms with Crippen LogP contribution < -0.4 is 5.32 Å². The zero-order valence-electron chi connectivity index (χ0n) is 15.1. The topological polar surface area (TPSA) is 73.0 Å². The van der Waals surface area contributed by atoms with Gasteiger partial charge in [-0.2, -0.15) is 0 Å². The van der Waals surface area contributed by atoms with Crippen molar-refractivity contribution in [2.75, 3.05) is 5.75 Å². The van der Waals surface area contributed by atoms with Crippen LogP contribution in [0.2, 0.25) is 0 Å². The largest absolute Gasteiger partial charge is 0.461 e. The number of nitrogens with one attached hydrogen (secondary N) is 1. The van der Waals surface area contributed by atoms with Crippen LogP contribution in [0.4, 0.5) is 0 Å². The number of rotatable bonds is 6. The average molecular weight is 370 g/mol. The van der Waals surface area contributed by atoms with Crippen LogP contribution in [0, 0.1) is 0 Å². The van der Waals surface area contributed by atoms with Crippen molar-refractivity contribution in [2.24, 2.45) is 0 Å². The Balaban J connectivity index is 1.82. The van der Waals surface area contributed by atoms with E-state index >= 15 is 0 Å². The van der Waals surface area contributed by atoms with Crippen molar-refractivity contribution in [1.29, 1.82) is 0 Å². The minimum absolute atomic E-state index is 0.0312. The molecule has 2 aromatic heterocycles. The molecule has 1 aromatic carbocycles. The average Bonchev–Trinajstić information content (AvgIpc) is 3.22. The van der Waals surface area contributed by atoms with Gasteiger partial charge in [0.05, 0.1) is 18.6 Å². The van der Waals surface area contributed by atoms with Gasteiger partial charge in [0.1, 0.15) is 0 Å². The Morgan fingerprint density at radius 3 is 2.58 bits per heavy atom. The van der Waals surface area contributed by atoms with Crippen molar-refractivity contribution >= 4 is 17.7 Å². The van der Waals surface area contributed by atoms with E-state index in [9.17, 15) is 4.79 Å². The highest BCUT2D eigenvalue weighted by molar-refractivity contribution is 7.99. The number of benzene rings is 1. The number of nitrogens with zero attached hydrogens (tertiary/aromatic N) is 3. The van der Waals surface area contributed by atoms with E-state index in [4.69, 9.17) is 4.42 Å². The lowest BCUT2D eigenvalue weighted by atomic mass is 10.1. The summed E-state index contributed by atoms with van der Waals surface area (Å²) in [6, 6.07) is 13.7. The van der Waals surface area contributed by atoms with E-state index in [1.165, 1.54) is 11.8 Å². The van der Waals surface area contributed by atoms with Gasteiger partial charge in [0.25, 0.3) is 0 Å². The first kappa shape index (κ1) is 18.3. The summed E-state index contributed by atoms with van der Waals surface area (Å²) >= 11 is 1.37. The highest BCUT2D eigenvalue weighted by Gasteiger charge is 2.19. The SMILES string of the molecule is CC(C)(C)NC(=O)CSc1nnc(-c2ccco2)n1Cc1ccccc1. The summed E-state index contributed by atoms with van der Waals surface area (Å²) in [6.07, 6.45) is 1.61. The standard InChI is InChI=1S/C19H22N4O2S/c1-19(2,3)20-16(24)13-26-18-22-21-17(15-10-7-11-25-15)23(18)12-14-8-5-4-6-9-14/h4-11H,12-13H2,1-3H3,(H,20,24). The molecule has 0 aliphatic carbocycles. The maximum atomic E-state index is 12.1. The molecular formula is C19H22N4O2S. The summed E-state index contributed by atoms with van der Waals surface area (Å²) in [5, 5.41) is 12.2. The lowest BCUT2D eigenvalue weighted by Crippen LogP contribution is -2.41. The van der Waals surface area contributed by atoms with Gasteiger partial charge in [-0.3, -0.25) is 9.36 Å². The molecule has 0 bridgehead atoms. The quantitative estimate of drug-likeness (QED) is 0.671. The fourth-order valence-corrected chi connectivity index (χ4v) is 3.21. The van der Waals surface area contributed by atoms with Crippen LogP contribution in [0.5, 0.6) is 0 Å². The Kier molecular flexibility index (Phi) is 5.46. The number of thioether (sulfide) groups is 1. The number of furan rings is 1. The van der Waals surface area contributed by atoms with E-state index < -0.39 is 0 Å². The predicted molar refractivity (Wildman–Crippen MR) is 102 cm³/mol. The van der Waals surface area contributed by atoms with E-state index in [0.717, 1.165) is 5.56 Å². The molecule has 0 saturated heterocycles. The third-order valence-corrected chi connectivity index (χ3v) is 4.46. The molecule has 2 heterocycles. The van der Waals surface area contributed by atoms with Gasteiger partial charge >= 0.3 is 0 Å². The molecule has 0 saturated carbocycles. The number of hydrogen-bond acceptors (Lipinski definition) is 5. The van der Waals surface area contributed by atoms with Gasteiger partial charge in [-0.15, -0.1) is 10.2 Å². The smallest absolute Gasteiger partial charge is 0.230 e. The first-order chi connectivity index (χ1) is 12.4. The number of aromatic nitrogens is 3. The second-order valence-corrected chi connectivity index (χ2v) is 7.88. The summed E-state index contributed by atoms with van der Waals surface area (Å²) in [7, 11) is 0. The second kappa shape index (κ2) is 7.78. The third kappa shape index (κ3) is 4.76. The van der Waals surface area contributed by atoms with Crippen LogP contribution in [-0.4, -0.2) is 32.0 Å². The fourth-order valence-electron chi connectivity index (χ4n) is 2.48. The van der Waals surface area contributed by atoms with Gasteiger partial charge in [0.15, 0.2) is 10.9 Å². The van der Waals surface area contributed by atoms with Crippen LogP contribution in [0.1, 0.15) is 26.3 Å². The lowest BCUT2D eigenvalue weighted by molar-refractivity contribution is -0.119. The Morgan fingerprint density at radius 1 is 1.15 bits per heavy atom. The Morgan fingerprint density at radius 2 is 1.92 bits per heavy atom. The van der Waals surface area contributed by atoms with Crippen LogP contribution in [0.15, 0.2) is 58.3 Å². The molecule has 0 fully saturated rings. The zero-order valence-corrected chi connectivity index (χ0v) is 15.9. The predicted octanol–water partition coefficient (Wildman–Crippen LogP) is 3.59. The van der Waals surface area contributed by atoms with Crippen LogP contribution in [-0.2, 0) is 11.3 Å². The summed E-state index contributed by atoms with van der Waals surface area (Å²) < 4.78 is 7.47. The fraction of sp³-hybridized carbons (Fsp3) is 0.316. The molecule has 0 spiro atoms. The highest BCUT2D eigenvalue weighted by atomic mass is 32.2. The Hall–Kier alpha value is -2.54. The Labute approximate surface area is 157 Å². The normalized spacial score (nSPS) is 11.5. The molecule has 0 unspecified atom stereocenters. The van der Waals surface area contributed by atoms with Gasteiger partial charge < -0.3 is 9.73 Å². The molecule has 3 aromatic rings. The molecule has 0 aliphatic rings. The van der Waals surface area contributed by atoms with Gasteiger partial charge in [-0.25, -0.2) is 0 Å². The maximum Gasteiger partial charge on any atom is 0.230 e. The molecule has 0 radical (unpaired) electrons. The lowest BCUT2D eigenvalue weighted by Gasteiger charge is -2.20. The van der Waals surface area contributed by atoms with E-state index in [-0.39, 0.29) is 17.2 Å². The number of hydrogen-bond donors (Lipinski definition) is 1. The number of carbonyl (C=O) groups excluding carboxylic acids is 1.